The zero-order valence-electron chi connectivity index (χ0n) is 17.0. The molecule has 1 saturated heterocycles. The largest absolute Gasteiger partial charge is 0.402 e. The van der Waals surface area contributed by atoms with Crippen LogP contribution in [0.1, 0.15) is 36.0 Å². The smallest absolute Gasteiger partial charge is 0.363 e. The molecule has 1 fully saturated rings. The zero-order valence-corrected chi connectivity index (χ0v) is 17.0. The average Bonchev–Trinajstić information content (AvgIpc) is 3.15. The lowest BCUT2D eigenvalue weighted by molar-refractivity contribution is -0.129. The third kappa shape index (κ3) is 3.59. The molecule has 0 radical (unpaired) electrons. The van der Waals surface area contributed by atoms with Gasteiger partial charge in [0.1, 0.15) is 5.82 Å². The van der Waals surface area contributed by atoms with E-state index in [4.69, 9.17) is 9.72 Å². The molecule has 30 heavy (non-hydrogen) atoms. The minimum Gasteiger partial charge on any atom is -0.402 e. The van der Waals surface area contributed by atoms with Crippen molar-refractivity contribution >= 4 is 34.7 Å². The molecule has 5 nitrogen and oxygen atoms in total. The van der Waals surface area contributed by atoms with E-state index in [1.807, 2.05) is 36.4 Å². The number of benzene rings is 2. The highest BCUT2D eigenvalue weighted by Gasteiger charge is 2.25. The van der Waals surface area contributed by atoms with E-state index in [2.05, 4.69) is 41.1 Å². The van der Waals surface area contributed by atoms with Crippen LogP contribution in [0.25, 0.3) is 17.0 Å². The summed E-state index contributed by atoms with van der Waals surface area (Å²) in [7, 11) is 0. The van der Waals surface area contributed by atoms with E-state index in [1.165, 1.54) is 12.0 Å². The summed E-state index contributed by atoms with van der Waals surface area (Å²) >= 11 is 0. The van der Waals surface area contributed by atoms with Crippen molar-refractivity contribution in [3.05, 3.63) is 77.0 Å². The maximum Gasteiger partial charge on any atom is 0.363 e. The van der Waals surface area contributed by atoms with Crippen molar-refractivity contribution in [3.8, 4) is 0 Å². The molecular weight excluding hydrogens is 374 g/mol. The number of aryl methyl sites for hydroxylation is 1. The molecule has 0 amide bonds. The quantitative estimate of drug-likeness (QED) is 0.467. The Morgan fingerprint density at radius 2 is 1.80 bits per heavy atom. The summed E-state index contributed by atoms with van der Waals surface area (Å²) in [4.78, 5) is 24.3. The topological polar surface area (TPSA) is 54.8 Å². The van der Waals surface area contributed by atoms with E-state index in [9.17, 15) is 4.79 Å². The standard InChI is InChI=1S/C25H23N3O2/c1-17-10-11-19-15-20(23(26-21(19)14-17)28-12-6-3-7-13-28)16-22-25(29)30-24(27-22)18-8-4-2-5-9-18/h2,4-5,8-11,14-16H,3,6-7,12-13H2,1H3/b22-16-. The number of cyclic esters (lactones) is 1. The Kier molecular flexibility index (Phi) is 4.79. The van der Waals surface area contributed by atoms with Gasteiger partial charge in [0.05, 0.1) is 5.52 Å². The Hall–Kier alpha value is -3.47. The number of hydrogen-bond acceptors (Lipinski definition) is 5. The number of esters is 1. The van der Waals surface area contributed by atoms with Crippen LogP contribution in [0.4, 0.5) is 5.82 Å². The van der Waals surface area contributed by atoms with Gasteiger partial charge in [-0.3, -0.25) is 0 Å². The van der Waals surface area contributed by atoms with Crippen molar-refractivity contribution in [3.63, 3.8) is 0 Å². The van der Waals surface area contributed by atoms with Crippen LogP contribution in [-0.2, 0) is 9.53 Å². The van der Waals surface area contributed by atoms with E-state index in [0.29, 0.717) is 11.6 Å². The van der Waals surface area contributed by atoms with Gasteiger partial charge in [-0.15, -0.1) is 0 Å². The van der Waals surface area contributed by atoms with E-state index in [0.717, 1.165) is 53.8 Å². The van der Waals surface area contributed by atoms with Gasteiger partial charge in [-0.25, -0.2) is 14.8 Å². The molecule has 2 aromatic carbocycles. The lowest BCUT2D eigenvalue weighted by atomic mass is 10.1. The van der Waals surface area contributed by atoms with Crippen LogP contribution in [0.3, 0.4) is 0 Å². The first-order chi connectivity index (χ1) is 14.7. The van der Waals surface area contributed by atoms with E-state index in [-0.39, 0.29) is 0 Å². The number of hydrogen-bond donors (Lipinski definition) is 0. The second kappa shape index (κ2) is 7.75. The van der Waals surface area contributed by atoms with Crippen molar-refractivity contribution in [2.45, 2.75) is 26.2 Å². The summed E-state index contributed by atoms with van der Waals surface area (Å²) in [5.41, 5.74) is 4.15. The van der Waals surface area contributed by atoms with Gasteiger partial charge in [-0.2, -0.15) is 0 Å². The monoisotopic (exact) mass is 397 g/mol. The molecule has 2 aliphatic rings. The maximum absolute atomic E-state index is 12.5. The van der Waals surface area contributed by atoms with Crippen LogP contribution in [0.15, 0.2) is 65.3 Å². The fourth-order valence-electron chi connectivity index (χ4n) is 4.01. The van der Waals surface area contributed by atoms with Crippen LogP contribution in [0.5, 0.6) is 0 Å². The van der Waals surface area contributed by atoms with E-state index in [1.54, 1.807) is 0 Å². The minimum atomic E-state index is -0.428. The molecule has 5 rings (SSSR count). The molecular formula is C25H23N3O2. The van der Waals surface area contributed by atoms with Crippen molar-refractivity contribution in [2.24, 2.45) is 4.99 Å². The fraction of sp³-hybridized carbons (Fsp3) is 0.240. The number of aromatic nitrogens is 1. The van der Waals surface area contributed by atoms with Gasteiger partial charge in [0.25, 0.3) is 0 Å². The lowest BCUT2D eigenvalue weighted by Crippen LogP contribution is -2.30. The summed E-state index contributed by atoms with van der Waals surface area (Å²) < 4.78 is 5.43. The Morgan fingerprint density at radius 1 is 1.00 bits per heavy atom. The highest BCUT2D eigenvalue weighted by atomic mass is 16.6. The number of piperidine rings is 1. The molecule has 150 valence electrons. The molecule has 0 spiro atoms. The van der Waals surface area contributed by atoms with Gasteiger partial charge in [-0.1, -0.05) is 30.3 Å². The first kappa shape index (κ1) is 18.6. The summed E-state index contributed by atoms with van der Waals surface area (Å²) in [6.45, 7) is 4.03. The second-order valence-electron chi connectivity index (χ2n) is 7.85. The number of aliphatic imine (C=N–C) groups is 1. The van der Waals surface area contributed by atoms with Crippen LogP contribution < -0.4 is 4.90 Å². The Bertz CT molecular complexity index is 1180. The molecule has 2 aliphatic heterocycles. The van der Waals surface area contributed by atoms with Crippen molar-refractivity contribution < 1.29 is 9.53 Å². The first-order valence-electron chi connectivity index (χ1n) is 10.4. The van der Waals surface area contributed by atoms with Crippen LogP contribution in [0.2, 0.25) is 0 Å². The predicted molar refractivity (Wildman–Crippen MR) is 120 cm³/mol. The Morgan fingerprint density at radius 3 is 2.60 bits per heavy atom. The third-order valence-electron chi connectivity index (χ3n) is 5.57. The minimum absolute atomic E-state index is 0.306. The molecule has 3 aromatic rings. The number of rotatable bonds is 3. The first-order valence-corrected chi connectivity index (χ1v) is 10.4. The summed E-state index contributed by atoms with van der Waals surface area (Å²) in [5.74, 6) is 0.828. The number of anilines is 1. The van der Waals surface area contributed by atoms with Crippen LogP contribution >= 0.6 is 0 Å². The number of nitrogens with zero attached hydrogens (tertiary/aromatic N) is 3. The van der Waals surface area contributed by atoms with Gasteiger partial charge in [-0.05, 0) is 62.1 Å². The third-order valence-corrected chi connectivity index (χ3v) is 5.57. The summed E-state index contributed by atoms with van der Waals surface area (Å²) in [6.07, 6.45) is 5.37. The number of fused-ring (bicyclic) bond motifs is 1. The summed E-state index contributed by atoms with van der Waals surface area (Å²) in [5, 5.41) is 1.05. The molecule has 0 bridgehead atoms. The highest BCUT2D eigenvalue weighted by molar-refractivity contribution is 6.13. The van der Waals surface area contributed by atoms with Crippen molar-refractivity contribution in [2.75, 3.05) is 18.0 Å². The van der Waals surface area contributed by atoms with E-state index < -0.39 is 5.97 Å². The van der Waals surface area contributed by atoms with Crippen LogP contribution in [-0.4, -0.2) is 29.9 Å². The van der Waals surface area contributed by atoms with Gasteiger partial charge >= 0.3 is 5.97 Å². The zero-order chi connectivity index (χ0) is 20.5. The molecule has 0 unspecified atom stereocenters. The van der Waals surface area contributed by atoms with Crippen molar-refractivity contribution in [1.29, 1.82) is 0 Å². The molecule has 0 atom stereocenters. The van der Waals surface area contributed by atoms with E-state index >= 15 is 0 Å². The van der Waals surface area contributed by atoms with Gasteiger partial charge < -0.3 is 9.64 Å². The second-order valence-corrected chi connectivity index (χ2v) is 7.85. The average molecular weight is 397 g/mol. The van der Waals surface area contributed by atoms with Crippen molar-refractivity contribution in [1.82, 2.24) is 4.98 Å². The van der Waals surface area contributed by atoms with Crippen LogP contribution in [0, 0.1) is 6.92 Å². The Balaban J connectivity index is 1.61. The fourth-order valence-corrected chi connectivity index (χ4v) is 4.01. The number of carbonyl (C=O) groups excluding carboxylic acids is 1. The molecule has 1 aromatic heterocycles. The van der Waals surface area contributed by atoms with Gasteiger partial charge in [0.2, 0.25) is 5.90 Å². The Labute approximate surface area is 175 Å². The highest BCUT2D eigenvalue weighted by Crippen LogP contribution is 2.30. The number of carbonyl (C=O) groups is 1. The van der Waals surface area contributed by atoms with Gasteiger partial charge in [0.15, 0.2) is 5.70 Å². The normalized spacial score (nSPS) is 18.0. The molecule has 5 heteroatoms. The molecule has 0 aliphatic carbocycles. The number of ether oxygens (including phenoxy) is 1. The molecule has 3 heterocycles. The lowest BCUT2D eigenvalue weighted by Gasteiger charge is -2.29. The molecule has 0 N–H and O–H groups in total. The van der Waals surface area contributed by atoms with Gasteiger partial charge in [0, 0.05) is 29.6 Å². The predicted octanol–water partition coefficient (Wildman–Crippen LogP) is 4.88. The maximum atomic E-state index is 12.5. The molecule has 0 saturated carbocycles. The summed E-state index contributed by atoms with van der Waals surface area (Å²) in [6, 6.07) is 17.8. The number of pyridine rings is 1. The SMILES string of the molecule is Cc1ccc2cc(/C=C3\N=C(c4ccccc4)OC3=O)c(N3CCCCC3)nc2c1.